The number of halogens is 1. The van der Waals surface area contributed by atoms with Crippen LogP contribution < -0.4 is 4.74 Å². The maximum Gasteiger partial charge on any atom is 0.125 e. The van der Waals surface area contributed by atoms with Gasteiger partial charge in [0.1, 0.15) is 5.75 Å². The van der Waals surface area contributed by atoms with Crippen molar-refractivity contribution in [1.82, 2.24) is 0 Å². The summed E-state index contributed by atoms with van der Waals surface area (Å²) in [5.41, 5.74) is 2.94. The molecule has 0 radical (unpaired) electrons. The highest BCUT2D eigenvalue weighted by Gasteiger charge is 2.14. The topological polar surface area (TPSA) is 29.5 Å². The van der Waals surface area contributed by atoms with Crippen LogP contribution in [-0.2, 0) is 6.42 Å². The van der Waals surface area contributed by atoms with Crippen LogP contribution in [0.5, 0.6) is 5.75 Å². The van der Waals surface area contributed by atoms with Crippen molar-refractivity contribution in [2.75, 3.05) is 6.61 Å². The molecule has 0 bridgehead atoms. The van der Waals surface area contributed by atoms with Crippen molar-refractivity contribution in [3.8, 4) is 5.75 Å². The molecule has 0 aliphatic heterocycles. The van der Waals surface area contributed by atoms with Crippen molar-refractivity contribution < 1.29 is 9.84 Å². The summed E-state index contributed by atoms with van der Waals surface area (Å²) in [5, 5.41) is 11.2. The lowest BCUT2D eigenvalue weighted by Gasteiger charge is -2.16. The lowest BCUT2D eigenvalue weighted by Crippen LogP contribution is -2.06. The monoisotopic (exact) mass is 290 g/mol. The van der Waals surface area contributed by atoms with E-state index in [-0.39, 0.29) is 0 Å². The van der Waals surface area contributed by atoms with Crippen molar-refractivity contribution >= 4 is 11.6 Å². The van der Waals surface area contributed by atoms with Crippen LogP contribution in [0, 0.1) is 6.92 Å². The van der Waals surface area contributed by atoms with E-state index in [1.807, 2.05) is 56.3 Å². The van der Waals surface area contributed by atoms with Crippen LogP contribution in [0.15, 0.2) is 42.5 Å². The predicted molar refractivity (Wildman–Crippen MR) is 82.5 cm³/mol. The molecule has 0 aliphatic carbocycles. The summed E-state index contributed by atoms with van der Waals surface area (Å²) in [5.74, 6) is 0.743. The second kappa shape index (κ2) is 6.78. The van der Waals surface area contributed by atoms with Gasteiger partial charge < -0.3 is 9.84 Å². The largest absolute Gasteiger partial charge is 0.493 e. The fourth-order valence-corrected chi connectivity index (χ4v) is 2.43. The van der Waals surface area contributed by atoms with Gasteiger partial charge in [0.2, 0.25) is 0 Å². The minimum atomic E-state index is -0.602. The SMILES string of the molecule is CCOc1ccc(C)cc1C(O)Cc1cccc(Cl)c1. The van der Waals surface area contributed by atoms with Gasteiger partial charge in [0.05, 0.1) is 12.7 Å². The van der Waals surface area contributed by atoms with Crippen LogP contribution in [0.4, 0.5) is 0 Å². The molecule has 1 atom stereocenters. The fraction of sp³-hybridized carbons (Fsp3) is 0.294. The Hall–Kier alpha value is -1.51. The minimum Gasteiger partial charge on any atom is -0.493 e. The average Bonchev–Trinajstić information content (AvgIpc) is 2.41. The van der Waals surface area contributed by atoms with Crippen LogP contribution in [0.3, 0.4) is 0 Å². The molecule has 20 heavy (non-hydrogen) atoms. The van der Waals surface area contributed by atoms with Gasteiger partial charge >= 0.3 is 0 Å². The van der Waals surface area contributed by atoms with Crippen molar-refractivity contribution in [2.24, 2.45) is 0 Å². The molecule has 3 heteroatoms. The second-order valence-corrected chi connectivity index (χ2v) is 5.26. The van der Waals surface area contributed by atoms with Gasteiger partial charge in [-0.05, 0) is 43.7 Å². The molecular weight excluding hydrogens is 272 g/mol. The number of hydrogen-bond donors (Lipinski definition) is 1. The van der Waals surface area contributed by atoms with E-state index in [0.29, 0.717) is 18.1 Å². The number of aliphatic hydroxyl groups excluding tert-OH is 1. The van der Waals surface area contributed by atoms with Gasteiger partial charge in [-0.2, -0.15) is 0 Å². The Bertz CT molecular complexity index is 581. The summed E-state index contributed by atoms with van der Waals surface area (Å²) in [4.78, 5) is 0. The van der Waals surface area contributed by atoms with E-state index in [0.717, 1.165) is 22.4 Å². The van der Waals surface area contributed by atoms with Crippen LogP contribution >= 0.6 is 11.6 Å². The zero-order chi connectivity index (χ0) is 14.5. The van der Waals surface area contributed by atoms with Crippen LogP contribution in [-0.4, -0.2) is 11.7 Å². The van der Waals surface area contributed by atoms with Gasteiger partial charge in [-0.3, -0.25) is 0 Å². The Morgan fingerprint density at radius 3 is 2.70 bits per heavy atom. The van der Waals surface area contributed by atoms with Crippen molar-refractivity contribution in [3.63, 3.8) is 0 Å². The van der Waals surface area contributed by atoms with E-state index in [1.165, 1.54) is 0 Å². The number of hydrogen-bond acceptors (Lipinski definition) is 2. The Balaban J connectivity index is 2.23. The van der Waals surface area contributed by atoms with Gasteiger partial charge in [-0.15, -0.1) is 0 Å². The molecule has 2 rings (SSSR count). The van der Waals surface area contributed by atoms with E-state index in [1.54, 1.807) is 0 Å². The summed E-state index contributed by atoms with van der Waals surface area (Å²) < 4.78 is 5.59. The van der Waals surface area contributed by atoms with E-state index in [9.17, 15) is 5.11 Å². The smallest absolute Gasteiger partial charge is 0.125 e. The number of aliphatic hydroxyl groups is 1. The van der Waals surface area contributed by atoms with Gasteiger partial charge in [0, 0.05) is 17.0 Å². The molecule has 0 amide bonds. The molecule has 0 aromatic heterocycles. The third-order valence-electron chi connectivity index (χ3n) is 3.14. The molecule has 1 N–H and O–H groups in total. The van der Waals surface area contributed by atoms with Crippen LogP contribution in [0.2, 0.25) is 5.02 Å². The average molecular weight is 291 g/mol. The molecular formula is C17H19ClO2. The first kappa shape index (κ1) is 14.9. The zero-order valence-electron chi connectivity index (χ0n) is 11.8. The zero-order valence-corrected chi connectivity index (χ0v) is 12.5. The first-order valence-corrected chi connectivity index (χ1v) is 7.13. The molecule has 2 aromatic rings. The van der Waals surface area contributed by atoms with Crippen molar-refractivity contribution in [2.45, 2.75) is 26.4 Å². The highest BCUT2D eigenvalue weighted by molar-refractivity contribution is 6.30. The number of ether oxygens (including phenoxy) is 1. The molecule has 2 aromatic carbocycles. The van der Waals surface area contributed by atoms with Gasteiger partial charge in [0.25, 0.3) is 0 Å². The highest BCUT2D eigenvalue weighted by Crippen LogP contribution is 2.29. The van der Waals surface area contributed by atoms with E-state index >= 15 is 0 Å². The van der Waals surface area contributed by atoms with Crippen molar-refractivity contribution in [3.05, 3.63) is 64.2 Å². The minimum absolute atomic E-state index is 0.518. The first-order valence-electron chi connectivity index (χ1n) is 6.76. The quantitative estimate of drug-likeness (QED) is 0.888. The third kappa shape index (κ3) is 3.75. The van der Waals surface area contributed by atoms with E-state index in [4.69, 9.17) is 16.3 Å². The number of benzene rings is 2. The first-order chi connectivity index (χ1) is 9.60. The molecule has 0 saturated heterocycles. The second-order valence-electron chi connectivity index (χ2n) is 4.82. The Labute approximate surface area is 125 Å². The molecule has 0 heterocycles. The Kier molecular flexibility index (Phi) is 5.05. The lowest BCUT2D eigenvalue weighted by atomic mass is 9.99. The van der Waals surface area contributed by atoms with Gasteiger partial charge in [0.15, 0.2) is 0 Å². The fourth-order valence-electron chi connectivity index (χ4n) is 2.21. The van der Waals surface area contributed by atoms with E-state index in [2.05, 4.69) is 0 Å². The van der Waals surface area contributed by atoms with Crippen LogP contribution in [0.25, 0.3) is 0 Å². The summed E-state index contributed by atoms with van der Waals surface area (Å²) in [6, 6.07) is 13.4. The standard InChI is InChI=1S/C17H19ClO2/c1-3-20-17-8-7-12(2)9-15(17)16(19)11-13-5-4-6-14(18)10-13/h4-10,16,19H,3,11H2,1-2H3. The predicted octanol–water partition coefficient (Wildman–Crippen LogP) is 4.32. The Morgan fingerprint density at radius 2 is 2.00 bits per heavy atom. The van der Waals surface area contributed by atoms with Crippen molar-refractivity contribution in [1.29, 1.82) is 0 Å². The molecule has 0 saturated carbocycles. The maximum absolute atomic E-state index is 10.5. The number of rotatable bonds is 5. The molecule has 0 aliphatic rings. The summed E-state index contributed by atoms with van der Waals surface area (Å²) >= 11 is 5.97. The normalized spacial score (nSPS) is 12.2. The maximum atomic E-state index is 10.5. The Morgan fingerprint density at radius 1 is 1.20 bits per heavy atom. The lowest BCUT2D eigenvalue weighted by molar-refractivity contribution is 0.172. The van der Waals surface area contributed by atoms with E-state index < -0.39 is 6.10 Å². The summed E-state index contributed by atoms with van der Waals surface area (Å²) in [6.45, 7) is 4.53. The highest BCUT2D eigenvalue weighted by atomic mass is 35.5. The molecule has 0 fully saturated rings. The molecule has 0 spiro atoms. The number of aryl methyl sites for hydroxylation is 1. The van der Waals surface area contributed by atoms with Gasteiger partial charge in [-0.25, -0.2) is 0 Å². The molecule has 1 unspecified atom stereocenters. The summed E-state index contributed by atoms with van der Waals surface area (Å²) in [7, 11) is 0. The molecule has 2 nitrogen and oxygen atoms in total. The summed E-state index contributed by atoms with van der Waals surface area (Å²) in [6.07, 6.45) is -0.0840. The van der Waals surface area contributed by atoms with Gasteiger partial charge in [-0.1, -0.05) is 35.4 Å². The van der Waals surface area contributed by atoms with Crippen LogP contribution in [0.1, 0.15) is 29.7 Å². The molecule has 106 valence electrons. The third-order valence-corrected chi connectivity index (χ3v) is 3.38.